The van der Waals surface area contributed by atoms with Crippen LogP contribution in [-0.4, -0.2) is 18.5 Å². The molecule has 0 aliphatic heterocycles. The Hall–Kier alpha value is -0.630. The molecule has 1 aliphatic rings. The average molecular weight is 196 g/mol. The monoisotopic (exact) mass is 196 g/mol. The summed E-state index contributed by atoms with van der Waals surface area (Å²) in [5.41, 5.74) is -0.0920. The SMILES string of the molecule is C=CCCCC(=O)CC1(OC)CCC1. The van der Waals surface area contributed by atoms with E-state index in [0.717, 1.165) is 25.7 Å². The molecule has 1 fully saturated rings. The van der Waals surface area contributed by atoms with Crippen molar-refractivity contribution in [1.29, 1.82) is 0 Å². The zero-order valence-electron chi connectivity index (χ0n) is 9.05. The number of Topliss-reactive ketones (excluding diaryl/α,β-unsaturated/α-hetero) is 1. The molecule has 0 amide bonds. The Morgan fingerprint density at radius 2 is 2.29 bits per heavy atom. The quantitative estimate of drug-likeness (QED) is 0.462. The first kappa shape index (κ1) is 11.4. The maximum atomic E-state index is 11.6. The highest BCUT2D eigenvalue weighted by molar-refractivity contribution is 5.79. The van der Waals surface area contributed by atoms with Crippen molar-refractivity contribution in [3.8, 4) is 0 Å². The second kappa shape index (κ2) is 5.30. The van der Waals surface area contributed by atoms with Crippen LogP contribution in [0, 0.1) is 0 Å². The first-order valence-electron chi connectivity index (χ1n) is 5.40. The minimum absolute atomic E-state index is 0.0920. The molecule has 0 spiro atoms. The van der Waals surface area contributed by atoms with Gasteiger partial charge in [0.15, 0.2) is 0 Å². The number of carbonyl (C=O) groups is 1. The van der Waals surface area contributed by atoms with Crippen LogP contribution in [0.25, 0.3) is 0 Å². The molecule has 80 valence electrons. The van der Waals surface area contributed by atoms with E-state index in [1.807, 2.05) is 6.08 Å². The number of methoxy groups -OCH3 is 1. The van der Waals surface area contributed by atoms with Crippen molar-refractivity contribution in [2.24, 2.45) is 0 Å². The van der Waals surface area contributed by atoms with E-state index in [9.17, 15) is 4.79 Å². The molecule has 0 heterocycles. The van der Waals surface area contributed by atoms with Gasteiger partial charge in [-0.2, -0.15) is 0 Å². The van der Waals surface area contributed by atoms with Gasteiger partial charge in [-0.05, 0) is 32.1 Å². The predicted octanol–water partition coefficient (Wildman–Crippen LogP) is 2.87. The molecule has 0 unspecified atom stereocenters. The van der Waals surface area contributed by atoms with Crippen LogP contribution >= 0.6 is 0 Å². The fraction of sp³-hybridized carbons (Fsp3) is 0.750. The van der Waals surface area contributed by atoms with Gasteiger partial charge in [0, 0.05) is 20.0 Å². The summed E-state index contributed by atoms with van der Waals surface area (Å²) in [6.07, 6.45) is 8.33. The van der Waals surface area contributed by atoms with E-state index >= 15 is 0 Å². The molecule has 1 rings (SSSR count). The number of ether oxygens (including phenoxy) is 1. The Bertz CT molecular complexity index is 199. The van der Waals surface area contributed by atoms with Crippen LogP contribution < -0.4 is 0 Å². The van der Waals surface area contributed by atoms with Crippen molar-refractivity contribution in [2.75, 3.05) is 7.11 Å². The van der Waals surface area contributed by atoms with E-state index in [-0.39, 0.29) is 5.60 Å². The molecule has 0 bridgehead atoms. The lowest BCUT2D eigenvalue weighted by Gasteiger charge is -2.40. The Kier molecular flexibility index (Phi) is 4.33. The van der Waals surface area contributed by atoms with E-state index in [2.05, 4.69) is 6.58 Å². The maximum Gasteiger partial charge on any atom is 0.135 e. The third kappa shape index (κ3) is 2.95. The molecule has 14 heavy (non-hydrogen) atoms. The molecule has 0 aromatic carbocycles. The summed E-state index contributed by atoms with van der Waals surface area (Å²) < 4.78 is 5.41. The van der Waals surface area contributed by atoms with E-state index in [0.29, 0.717) is 18.6 Å². The van der Waals surface area contributed by atoms with Crippen LogP contribution in [-0.2, 0) is 9.53 Å². The number of ketones is 1. The van der Waals surface area contributed by atoms with Gasteiger partial charge in [-0.15, -0.1) is 6.58 Å². The summed E-state index contributed by atoms with van der Waals surface area (Å²) in [7, 11) is 1.72. The van der Waals surface area contributed by atoms with E-state index in [1.54, 1.807) is 7.11 Å². The lowest BCUT2D eigenvalue weighted by molar-refractivity contribution is -0.132. The zero-order valence-corrected chi connectivity index (χ0v) is 9.05. The Balaban J connectivity index is 2.21. The maximum absolute atomic E-state index is 11.6. The molecule has 2 heteroatoms. The van der Waals surface area contributed by atoms with Crippen molar-refractivity contribution < 1.29 is 9.53 Å². The number of hydrogen-bond donors (Lipinski definition) is 0. The van der Waals surface area contributed by atoms with Crippen LogP contribution in [0.3, 0.4) is 0 Å². The molecule has 2 nitrogen and oxygen atoms in total. The van der Waals surface area contributed by atoms with Crippen LogP contribution in [0.2, 0.25) is 0 Å². The van der Waals surface area contributed by atoms with Crippen molar-refractivity contribution in [2.45, 2.75) is 50.5 Å². The summed E-state index contributed by atoms with van der Waals surface area (Å²) in [6.45, 7) is 3.64. The number of rotatable bonds is 7. The van der Waals surface area contributed by atoms with Crippen LogP contribution in [0.1, 0.15) is 44.9 Å². The third-order valence-corrected chi connectivity index (χ3v) is 3.08. The standard InChI is InChI=1S/C12H20O2/c1-3-4-5-7-11(13)10-12(14-2)8-6-9-12/h3H,1,4-10H2,2H3. The van der Waals surface area contributed by atoms with Gasteiger partial charge in [-0.1, -0.05) is 6.08 Å². The van der Waals surface area contributed by atoms with E-state index in [4.69, 9.17) is 4.74 Å². The normalized spacial score (nSPS) is 18.6. The molecule has 0 radical (unpaired) electrons. The van der Waals surface area contributed by atoms with Gasteiger partial charge < -0.3 is 4.74 Å². The van der Waals surface area contributed by atoms with E-state index in [1.165, 1.54) is 6.42 Å². The Morgan fingerprint density at radius 3 is 2.71 bits per heavy atom. The van der Waals surface area contributed by atoms with Gasteiger partial charge in [0.1, 0.15) is 5.78 Å². The van der Waals surface area contributed by atoms with Crippen molar-refractivity contribution in [3.05, 3.63) is 12.7 Å². The molecule has 0 aromatic rings. The number of hydrogen-bond acceptors (Lipinski definition) is 2. The van der Waals surface area contributed by atoms with Gasteiger partial charge in [0.25, 0.3) is 0 Å². The van der Waals surface area contributed by atoms with Gasteiger partial charge in [-0.25, -0.2) is 0 Å². The summed E-state index contributed by atoms with van der Waals surface area (Å²) in [5, 5.41) is 0. The molecule has 0 N–H and O–H groups in total. The van der Waals surface area contributed by atoms with Crippen LogP contribution in [0.4, 0.5) is 0 Å². The first-order chi connectivity index (χ1) is 6.72. The van der Waals surface area contributed by atoms with Crippen LogP contribution in [0.5, 0.6) is 0 Å². The Labute approximate surface area is 86.3 Å². The van der Waals surface area contributed by atoms with Gasteiger partial charge in [-0.3, -0.25) is 4.79 Å². The highest BCUT2D eigenvalue weighted by Crippen LogP contribution is 2.38. The van der Waals surface area contributed by atoms with Gasteiger partial charge in [0.2, 0.25) is 0 Å². The predicted molar refractivity (Wildman–Crippen MR) is 57.3 cm³/mol. The highest BCUT2D eigenvalue weighted by Gasteiger charge is 2.38. The topological polar surface area (TPSA) is 26.3 Å². The summed E-state index contributed by atoms with van der Waals surface area (Å²) in [6, 6.07) is 0. The summed E-state index contributed by atoms with van der Waals surface area (Å²) in [4.78, 5) is 11.6. The molecule has 1 saturated carbocycles. The zero-order chi connectivity index (χ0) is 10.4. The van der Waals surface area contributed by atoms with Crippen molar-refractivity contribution >= 4 is 5.78 Å². The number of carbonyl (C=O) groups excluding carboxylic acids is 1. The minimum Gasteiger partial charge on any atom is -0.378 e. The number of allylic oxidation sites excluding steroid dienone is 1. The fourth-order valence-corrected chi connectivity index (χ4v) is 1.92. The first-order valence-corrected chi connectivity index (χ1v) is 5.40. The van der Waals surface area contributed by atoms with Gasteiger partial charge >= 0.3 is 0 Å². The summed E-state index contributed by atoms with van der Waals surface area (Å²) in [5.74, 6) is 0.341. The molecular formula is C12H20O2. The lowest BCUT2D eigenvalue weighted by atomic mass is 9.76. The second-order valence-electron chi connectivity index (χ2n) is 4.14. The largest absolute Gasteiger partial charge is 0.378 e. The number of unbranched alkanes of at least 4 members (excludes halogenated alkanes) is 1. The lowest BCUT2D eigenvalue weighted by Crippen LogP contribution is -2.41. The molecule has 0 saturated heterocycles. The van der Waals surface area contributed by atoms with Crippen molar-refractivity contribution in [3.63, 3.8) is 0 Å². The third-order valence-electron chi connectivity index (χ3n) is 3.08. The van der Waals surface area contributed by atoms with Gasteiger partial charge in [0.05, 0.1) is 5.60 Å². The molecular weight excluding hydrogens is 176 g/mol. The van der Waals surface area contributed by atoms with Crippen molar-refractivity contribution in [1.82, 2.24) is 0 Å². The average Bonchev–Trinajstić information content (AvgIpc) is 2.12. The molecule has 0 aromatic heterocycles. The molecule has 0 atom stereocenters. The fourth-order valence-electron chi connectivity index (χ4n) is 1.92. The molecule has 1 aliphatic carbocycles. The minimum atomic E-state index is -0.0920. The smallest absolute Gasteiger partial charge is 0.135 e. The second-order valence-corrected chi connectivity index (χ2v) is 4.14. The summed E-state index contributed by atoms with van der Waals surface area (Å²) >= 11 is 0. The highest BCUT2D eigenvalue weighted by atomic mass is 16.5. The van der Waals surface area contributed by atoms with Crippen LogP contribution in [0.15, 0.2) is 12.7 Å². The van der Waals surface area contributed by atoms with E-state index < -0.39 is 0 Å². The Morgan fingerprint density at radius 1 is 1.57 bits per heavy atom.